The second kappa shape index (κ2) is 2.49. The van der Waals surface area contributed by atoms with E-state index in [-0.39, 0.29) is 0 Å². The Morgan fingerprint density at radius 3 is 3.17 bits per heavy atom. The van der Waals surface area contributed by atoms with Crippen LogP contribution in [0.4, 0.5) is 0 Å². The third-order valence-electron chi connectivity index (χ3n) is 1.92. The molecule has 0 spiro atoms. The first-order valence-electron chi connectivity index (χ1n) is 3.99. The van der Waals surface area contributed by atoms with Crippen LogP contribution >= 0.6 is 0 Å². The van der Waals surface area contributed by atoms with Gasteiger partial charge in [-0.25, -0.2) is 4.98 Å². The molecule has 0 bridgehead atoms. The third kappa shape index (κ3) is 0.928. The van der Waals surface area contributed by atoms with Crippen LogP contribution in [0.2, 0.25) is 0 Å². The fraction of sp³-hybridized carbons (Fsp3) is 0.333. The van der Waals surface area contributed by atoms with Crippen LogP contribution in [0.1, 0.15) is 25.3 Å². The zero-order valence-electron chi connectivity index (χ0n) is 7.13. The van der Waals surface area contributed by atoms with E-state index in [2.05, 4.69) is 35.1 Å². The van der Waals surface area contributed by atoms with Gasteiger partial charge in [0.1, 0.15) is 0 Å². The largest absolute Gasteiger partial charge is 0.382 e. The lowest BCUT2D eigenvalue weighted by Gasteiger charge is -1.99. The predicted octanol–water partition coefficient (Wildman–Crippen LogP) is 1.09. The third-order valence-corrected chi connectivity index (χ3v) is 1.92. The normalized spacial score (nSPS) is 10.6. The molecule has 0 aliphatic carbocycles. The maximum Gasteiger partial charge on any atom is 0.382 e. The molecule has 3 heteroatoms. The molecule has 1 N–H and O–H groups in total. The Kier molecular flexibility index (Phi) is 1.47. The number of fused-ring (bicyclic) bond motifs is 1. The SMILES string of the molecule is CC(C)c1ccnc2[nH]c#[n+]c12. The van der Waals surface area contributed by atoms with Crippen molar-refractivity contribution in [3.63, 3.8) is 0 Å². The van der Waals surface area contributed by atoms with Crippen LogP contribution in [-0.4, -0.2) is 9.97 Å². The van der Waals surface area contributed by atoms with Crippen LogP contribution in [0, 0.1) is 6.33 Å². The number of hydrogen-bond acceptors (Lipinski definition) is 1. The van der Waals surface area contributed by atoms with Gasteiger partial charge in [-0.15, -0.1) is 4.98 Å². The Balaban J connectivity index is 2.73. The number of pyridine rings is 1. The van der Waals surface area contributed by atoms with Crippen molar-refractivity contribution in [3.05, 3.63) is 24.2 Å². The minimum absolute atomic E-state index is 0.479. The van der Waals surface area contributed by atoms with Crippen molar-refractivity contribution in [2.75, 3.05) is 0 Å². The van der Waals surface area contributed by atoms with Crippen LogP contribution in [0.5, 0.6) is 0 Å². The summed E-state index contributed by atoms with van der Waals surface area (Å²) in [4.78, 5) is 11.1. The van der Waals surface area contributed by atoms with Gasteiger partial charge in [0.2, 0.25) is 0 Å². The lowest BCUT2D eigenvalue weighted by molar-refractivity contribution is -0.258. The maximum absolute atomic E-state index is 4.13. The van der Waals surface area contributed by atoms with Gasteiger partial charge >= 0.3 is 11.8 Å². The molecular formula is C9H10N3+. The standard InChI is InChI=1S/C9H9N3/c1-6(2)7-3-4-10-9-8(7)11-5-12-9/h3-4,6H,1-2H3/p+1. The first-order valence-corrected chi connectivity index (χ1v) is 3.99. The number of rotatable bonds is 1. The maximum atomic E-state index is 4.13. The highest BCUT2D eigenvalue weighted by atomic mass is 14.9. The molecule has 60 valence electrons. The molecule has 12 heavy (non-hydrogen) atoms. The van der Waals surface area contributed by atoms with Gasteiger partial charge in [-0.05, 0) is 12.0 Å². The molecule has 0 saturated carbocycles. The first kappa shape index (κ1) is 7.11. The zero-order chi connectivity index (χ0) is 8.55. The minimum Gasteiger partial charge on any atom is -0.212 e. The van der Waals surface area contributed by atoms with Crippen molar-refractivity contribution >= 4 is 11.2 Å². The van der Waals surface area contributed by atoms with Crippen LogP contribution < -0.4 is 4.98 Å². The fourth-order valence-electron chi connectivity index (χ4n) is 1.28. The summed E-state index contributed by atoms with van der Waals surface area (Å²) in [6, 6.07) is 2.00. The van der Waals surface area contributed by atoms with E-state index in [1.165, 1.54) is 5.56 Å². The molecule has 2 rings (SSSR count). The molecule has 0 saturated heterocycles. The molecule has 0 aliphatic rings. The van der Waals surface area contributed by atoms with Crippen LogP contribution in [0.3, 0.4) is 0 Å². The van der Waals surface area contributed by atoms with E-state index in [9.17, 15) is 0 Å². The van der Waals surface area contributed by atoms with Crippen LogP contribution in [0.25, 0.3) is 11.2 Å². The number of nitrogens with zero attached hydrogens (tertiary/aromatic N) is 2. The van der Waals surface area contributed by atoms with E-state index < -0.39 is 0 Å². The lowest BCUT2D eigenvalue weighted by atomic mass is 10.0. The Bertz CT molecular complexity index is 389. The molecule has 3 nitrogen and oxygen atoms in total. The Labute approximate surface area is 70.9 Å². The zero-order valence-corrected chi connectivity index (χ0v) is 7.13. The Morgan fingerprint density at radius 1 is 1.58 bits per heavy atom. The smallest absolute Gasteiger partial charge is 0.212 e. The van der Waals surface area contributed by atoms with E-state index in [1.807, 2.05) is 6.07 Å². The molecule has 0 aliphatic heterocycles. The molecular weight excluding hydrogens is 150 g/mol. The topological polar surface area (TPSA) is 42.8 Å². The fourth-order valence-corrected chi connectivity index (χ4v) is 1.28. The predicted molar refractivity (Wildman–Crippen MR) is 44.6 cm³/mol. The van der Waals surface area contributed by atoms with Crippen molar-refractivity contribution in [3.8, 4) is 0 Å². The number of aromatic amines is 1. The summed E-state index contributed by atoms with van der Waals surface area (Å²) < 4.78 is 0. The molecule has 0 aromatic carbocycles. The van der Waals surface area contributed by atoms with Crippen molar-refractivity contribution in [1.29, 1.82) is 0 Å². The van der Waals surface area contributed by atoms with Crippen molar-refractivity contribution in [2.45, 2.75) is 19.8 Å². The number of nitrogens with one attached hydrogen (secondary N) is 1. The van der Waals surface area contributed by atoms with E-state index in [0.29, 0.717) is 5.92 Å². The lowest BCUT2D eigenvalue weighted by Crippen LogP contribution is -1.97. The summed E-state index contributed by atoms with van der Waals surface area (Å²) in [6.45, 7) is 4.28. The van der Waals surface area contributed by atoms with Gasteiger partial charge in [0.05, 0.1) is 0 Å². The second-order valence-corrected chi connectivity index (χ2v) is 3.10. The van der Waals surface area contributed by atoms with Crippen molar-refractivity contribution in [2.24, 2.45) is 0 Å². The molecule has 0 unspecified atom stereocenters. The highest BCUT2D eigenvalue weighted by Crippen LogP contribution is 2.17. The van der Waals surface area contributed by atoms with E-state index >= 15 is 0 Å². The Hall–Kier alpha value is -1.56. The highest BCUT2D eigenvalue weighted by molar-refractivity contribution is 5.69. The number of aromatic nitrogens is 3. The molecule has 0 atom stereocenters. The van der Waals surface area contributed by atoms with Gasteiger partial charge in [-0.2, -0.15) is 4.98 Å². The van der Waals surface area contributed by atoms with Gasteiger partial charge < -0.3 is 0 Å². The minimum atomic E-state index is 0.479. The van der Waals surface area contributed by atoms with E-state index in [4.69, 9.17) is 0 Å². The average Bonchev–Trinajstić information content (AvgIpc) is 2.49. The van der Waals surface area contributed by atoms with Gasteiger partial charge in [0.25, 0.3) is 5.65 Å². The highest BCUT2D eigenvalue weighted by Gasteiger charge is 2.13. The summed E-state index contributed by atoms with van der Waals surface area (Å²) in [5.41, 5.74) is 2.98. The quantitative estimate of drug-likeness (QED) is 0.678. The molecule has 0 radical (unpaired) electrons. The summed E-state index contributed by atoms with van der Waals surface area (Å²) in [7, 11) is 0. The van der Waals surface area contributed by atoms with Gasteiger partial charge in [0, 0.05) is 11.8 Å². The van der Waals surface area contributed by atoms with Crippen molar-refractivity contribution in [1.82, 2.24) is 9.97 Å². The van der Waals surface area contributed by atoms with Crippen LogP contribution in [-0.2, 0) is 0 Å². The average molecular weight is 160 g/mol. The molecule has 0 amide bonds. The summed E-state index contributed by atoms with van der Waals surface area (Å²) >= 11 is 0. The first-order chi connectivity index (χ1) is 5.79. The van der Waals surface area contributed by atoms with Gasteiger partial charge in [-0.1, -0.05) is 13.8 Å². The molecule has 0 fully saturated rings. The molecule has 2 aromatic rings. The summed E-state index contributed by atoms with van der Waals surface area (Å²) in [5, 5.41) is 0. The van der Waals surface area contributed by atoms with Crippen LogP contribution in [0.15, 0.2) is 12.3 Å². The number of H-pyrrole nitrogens is 1. The second-order valence-electron chi connectivity index (χ2n) is 3.10. The summed E-state index contributed by atoms with van der Waals surface area (Å²) in [5.74, 6) is 0.479. The van der Waals surface area contributed by atoms with Gasteiger partial charge in [0.15, 0.2) is 0 Å². The van der Waals surface area contributed by atoms with Crippen molar-refractivity contribution < 1.29 is 4.98 Å². The molecule has 2 heterocycles. The monoisotopic (exact) mass is 160 g/mol. The van der Waals surface area contributed by atoms with Gasteiger partial charge in [-0.3, -0.25) is 0 Å². The van der Waals surface area contributed by atoms with E-state index in [0.717, 1.165) is 11.2 Å². The number of hydrogen-bond donors (Lipinski definition) is 1. The molecule has 2 aromatic heterocycles. The van der Waals surface area contributed by atoms with E-state index in [1.54, 1.807) is 6.20 Å². The summed E-state index contributed by atoms with van der Waals surface area (Å²) in [6.07, 6.45) is 4.49. The Morgan fingerprint density at radius 2 is 2.42 bits per heavy atom.